The van der Waals surface area contributed by atoms with E-state index in [1.807, 2.05) is 30.3 Å². The summed E-state index contributed by atoms with van der Waals surface area (Å²) in [6.07, 6.45) is 2.88. The van der Waals surface area contributed by atoms with Crippen LogP contribution in [0.25, 0.3) is 0 Å². The molecule has 0 atom stereocenters. The number of hydrogen-bond acceptors (Lipinski definition) is 2. The molecular weight excluding hydrogens is 226 g/mol. The van der Waals surface area contributed by atoms with Crippen LogP contribution in [0.3, 0.4) is 0 Å². The number of carbonyl (C=O) groups is 1. The van der Waals surface area contributed by atoms with Crippen LogP contribution in [0.5, 0.6) is 0 Å². The standard InChI is InChI=1S/C15H21NO2/c1-14(2,18)11-16-13(17)15(9-6-10-15)12-7-4-3-5-8-12/h3-5,7-8,18H,6,9-11H2,1-2H3,(H,16,17). The largest absolute Gasteiger partial charge is 0.389 e. The summed E-state index contributed by atoms with van der Waals surface area (Å²) in [5.41, 5.74) is -0.145. The predicted octanol–water partition coefficient (Wildman–Crippen LogP) is 2.00. The minimum Gasteiger partial charge on any atom is -0.389 e. The van der Waals surface area contributed by atoms with Crippen LogP contribution in [0.4, 0.5) is 0 Å². The molecule has 0 aromatic heterocycles. The van der Waals surface area contributed by atoms with Gasteiger partial charge in [-0.3, -0.25) is 4.79 Å². The Morgan fingerprint density at radius 2 is 1.94 bits per heavy atom. The number of rotatable bonds is 4. The van der Waals surface area contributed by atoms with Gasteiger partial charge >= 0.3 is 0 Å². The lowest BCUT2D eigenvalue weighted by molar-refractivity contribution is -0.131. The lowest BCUT2D eigenvalue weighted by atomic mass is 9.64. The van der Waals surface area contributed by atoms with E-state index < -0.39 is 5.60 Å². The predicted molar refractivity (Wildman–Crippen MR) is 71.3 cm³/mol. The highest BCUT2D eigenvalue weighted by molar-refractivity contribution is 5.89. The third kappa shape index (κ3) is 2.56. The fourth-order valence-electron chi connectivity index (χ4n) is 2.40. The van der Waals surface area contributed by atoms with E-state index in [0.29, 0.717) is 6.54 Å². The van der Waals surface area contributed by atoms with Crippen LogP contribution in [0.15, 0.2) is 30.3 Å². The zero-order valence-electron chi connectivity index (χ0n) is 11.1. The van der Waals surface area contributed by atoms with Crippen LogP contribution in [-0.2, 0) is 10.2 Å². The lowest BCUT2D eigenvalue weighted by Crippen LogP contribution is -2.52. The molecule has 3 nitrogen and oxygen atoms in total. The van der Waals surface area contributed by atoms with Crippen molar-refractivity contribution in [1.82, 2.24) is 5.32 Å². The lowest BCUT2D eigenvalue weighted by Gasteiger charge is -2.41. The molecule has 1 amide bonds. The molecule has 1 aliphatic carbocycles. The van der Waals surface area contributed by atoms with Gasteiger partial charge in [0.05, 0.1) is 11.0 Å². The van der Waals surface area contributed by atoms with E-state index in [-0.39, 0.29) is 11.3 Å². The van der Waals surface area contributed by atoms with Crippen LogP contribution >= 0.6 is 0 Å². The van der Waals surface area contributed by atoms with Crippen molar-refractivity contribution in [2.24, 2.45) is 0 Å². The second-order valence-corrected chi connectivity index (χ2v) is 5.80. The second kappa shape index (κ2) is 4.73. The Hall–Kier alpha value is -1.35. The molecule has 0 unspecified atom stereocenters. The van der Waals surface area contributed by atoms with E-state index in [0.717, 1.165) is 24.8 Å². The molecule has 0 heterocycles. The topological polar surface area (TPSA) is 49.3 Å². The van der Waals surface area contributed by atoms with Crippen molar-refractivity contribution in [3.8, 4) is 0 Å². The van der Waals surface area contributed by atoms with E-state index in [1.54, 1.807) is 13.8 Å². The first kappa shape index (κ1) is 13.1. The van der Waals surface area contributed by atoms with Gasteiger partial charge in [0.1, 0.15) is 0 Å². The highest BCUT2D eigenvalue weighted by atomic mass is 16.3. The van der Waals surface area contributed by atoms with Crippen LogP contribution in [0.2, 0.25) is 0 Å². The average Bonchev–Trinajstić information content (AvgIpc) is 2.25. The minimum absolute atomic E-state index is 0.0436. The molecule has 0 saturated heterocycles. The zero-order chi connectivity index (χ0) is 13.2. The normalized spacial score (nSPS) is 17.9. The summed E-state index contributed by atoms with van der Waals surface area (Å²) in [5, 5.41) is 12.6. The molecular formula is C15H21NO2. The summed E-state index contributed by atoms with van der Waals surface area (Å²) < 4.78 is 0. The number of nitrogens with one attached hydrogen (secondary N) is 1. The third-order valence-corrected chi connectivity index (χ3v) is 3.65. The Bertz CT molecular complexity index is 416. The number of benzene rings is 1. The number of carbonyl (C=O) groups excluding carboxylic acids is 1. The molecule has 0 spiro atoms. The van der Waals surface area contributed by atoms with Crippen molar-refractivity contribution < 1.29 is 9.90 Å². The Morgan fingerprint density at radius 1 is 1.33 bits per heavy atom. The summed E-state index contributed by atoms with van der Waals surface area (Å²) >= 11 is 0. The maximum Gasteiger partial charge on any atom is 0.230 e. The first-order chi connectivity index (χ1) is 8.44. The van der Waals surface area contributed by atoms with E-state index in [4.69, 9.17) is 0 Å². The van der Waals surface area contributed by atoms with Crippen molar-refractivity contribution in [2.45, 2.75) is 44.1 Å². The fraction of sp³-hybridized carbons (Fsp3) is 0.533. The van der Waals surface area contributed by atoms with E-state index >= 15 is 0 Å². The van der Waals surface area contributed by atoms with E-state index in [1.165, 1.54) is 0 Å². The number of amides is 1. The molecule has 0 bridgehead atoms. The van der Waals surface area contributed by atoms with Gasteiger partial charge in [0.2, 0.25) is 5.91 Å². The quantitative estimate of drug-likeness (QED) is 0.855. The van der Waals surface area contributed by atoms with Gasteiger partial charge in [0.25, 0.3) is 0 Å². The van der Waals surface area contributed by atoms with E-state index in [2.05, 4.69) is 5.32 Å². The van der Waals surface area contributed by atoms with Gasteiger partial charge in [-0.05, 0) is 32.3 Å². The monoisotopic (exact) mass is 247 g/mol. The third-order valence-electron chi connectivity index (χ3n) is 3.65. The minimum atomic E-state index is -0.864. The summed E-state index contributed by atoms with van der Waals surface area (Å²) in [6.45, 7) is 3.69. The van der Waals surface area contributed by atoms with Gasteiger partial charge < -0.3 is 10.4 Å². The average molecular weight is 247 g/mol. The molecule has 2 N–H and O–H groups in total. The SMILES string of the molecule is CC(C)(O)CNC(=O)C1(c2ccccc2)CCC1. The zero-order valence-corrected chi connectivity index (χ0v) is 11.1. The van der Waals surface area contributed by atoms with Crippen molar-refractivity contribution in [2.75, 3.05) is 6.54 Å². The highest BCUT2D eigenvalue weighted by Crippen LogP contribution is 2.43. The molecule has 0 radical (unpaired) electrons. The molecule has 1 aromatic rings. The fourth-order valence-corrected chi connectivity index (χ4v) is 2.40. The molecule has 1 saturated carbocycles. The molecule has 1 aromatic carbocycles. The molecule has 98 valence electrons. The molecule has 3 heteroatoms. The van der Waals surface area contributed by atoms with Gasteiger partial charge in [-0.15, -0.1) is 0 Å². The maximum atomic E-state index is 12.4. The Kier molecular flexibility index (Phi) is 3.44. The highest BCUT2D eigenvalue weighted by Gasteiger charge is 2.45. The summed E-state index contributed by atoms with van der Waals surface area (Å²) in [5.74, 6) is 0.0436. The smallest absolute Gasteiger partial charge is 0.230 e. The molecule has 0 aliphatic heterocycles. The van der Waals surface area contributed by atoms with Gasteiger partial charge in [-0.2, -0.15) is 0 Å². The molecule has 1 aliphatic rings. The summed E-state index contributed by atoms with van der Waals surface area (Å²) in [4.78, 5) is 12.4. The Balaban J connectivity index is 2.11. The summed E-state index contributed by atoms with van der Waals surface area (Å²) in [7, 11) is 0. The maximum absolute atomic E-state index is 12.4. The van der Waals surface area contributed by atoms with Crippen molar-refractivity contribution in [1.29, 1.82) is 0 Å². The summed E-state index contributed by atoms with van der Waals surface area (Å²) in [6, 6.07) is 9.94. The van der Waals surface area contributed by atoms with Crippen molar-refractivity contribution in [3.63, 3.8) is 0 Å². The molecule has 18 heavy (non-hydrogen) atoms. The van der Waals surface area contributed by atoms with Crippen LogP contribution in [0, 0.1) is 0 Å². The number of aliphatic hydroxyl groups is 1. The first-order valence-electron chi connectivity index (χ1n) is 6.50. The van der Waals surface area contributed by atoms with E-state index in [9.17, 15) is 9.90 Å². The Morgan fingerprint density at radius 3 is 2.39 bits per heavy atom. The second-order valence-electron chi connectivity index (χ2n) is 5.80. The van der Waals surface area contributed by atoms with Crippen LogP contribution in [0.1, 0.15) is 38.7 Å². The van der Waals surface area contributed by atoms with Crippen LogP contribution in [-0.4, -0.2) is 23.2 Å². The van der Waals surface area contributed by atoms with Gasteiger partial charge in [0, 0.05) is 6.54 Å². The number of hydrogen-bond donors (Lipinski definition) is 2. The Labute approximate surface area is 108 Å². The molecule has 2 rings (SSSR count). The van der Waals surface area contributed by atoms with Gasteiger partial charge in [-0.25, -0.2) is 0 Å². The van der Waals surface area contributed by atoms with Gasteiger partial charge in [-0.1, -0.05) is 36.8 Å². The first-order valence-corrected chi connectivity index (χ1v) is 6.50. The van der Waals surface area contributed by atoms with Crippen molar-refractivity contribution >= 4 is 5.91 Å². The van der Waals surface area contributed by atoms with Gasteiger partial charge in [0.15, 0.2) is 0 Å². The molecule has 1 fully saturated rings. The van der Waals surface area contributed by atoms with Crippen LogP contribution < -0.4 is 5.32 Å². The van der Waals surface area contributed by atoms with Crippen molar-refractivity contribution in [3.05, 3.63) is 35.9 Å².